The fourth-order valence-electron chi connectivity index (χ4n) is 2.64. The first-order valence-corrected chi connectivity index (χ1v) is 8.18. The summed E-state index contributed by atoms with van der Waals surface area (Å²) in [5.41, 5.74) is 1.37. The van der Waals surface area contributed by atoms with E-state index < -0.39 is 0 Å². The molecule has 1 aromatic heterocycles. The number of hydrogen-bond donors (Lipinski definition) is 1. The van der Waals surface area contributed by atoms with Crippen LogP contribution in [0.5, 0.6) is 5.88 Å². The predicted octanol–water partition coefficient (Wildman–Crippen LogP) is 3.22. The lowest BCUT2D eigenvalue weighted by Gasteiger charge is -2.33. The van der Waals surface area contributed by atoms with Gasteiger partial charge in [0.25, 0.3) is 0 Å². The zero-order valence-corrected chi connectivity index (χ0v) is 13.9. The molecule has 2 heterocycles. The van der Waals surface area contributed by atoms with Crippen LogP contribution in [0, 0.1) is 5.82 Å². The van der Waals surface area contributed by atoms with Crippen LogP contribution in [0.1, 0.15) is 18.6 Å². The Morgan fingerprint density at radius 2 is 2.20 bits per heavy atom. The van der Waals surface area contributed by atoms with Crippen molar-refractivity contribution < 1.29 is 18.7 Å². The maximum absolute atomic E-state index is 13.1. The van der Waals surface area contributed by atoms with Gasteiger partial charge in [0.05, 0.1) is 19.8 Å². The van der Waals surface area contributed by atoms with Crippen molar-refractivity contribution in [3.8, 4) is 5.88 Å². The van der Waals surface area contributed by atoms with Gasteiger partial charge in [0, 0.05) is 12.7 Å². The van der Waals surface area contributed by atoms with Gasteiger partial charge < -0.3 is 19.7 Å². The maximum Gasteiger partial charge on any atom is 0.322 e. The van der Waals surface area contributed by atoms with Gasteiger partial charge in [-0.3, -0.25) is 0 Å². The summed E-state index contributed by atoms with van der Waals surface area (Å²) in [4.78, 5) is 18.4. The first-order chi connectivity index (χ1) is 12.2. The number of amides is 2. The summed E-state index contributed by atoms with van der Waals surface area (Å²) in [7, 11) is 0. The molecule has 1 saturated heterocycles. The van der Waals surface area contributed by atoms with Crippen LogP contribution in [0.25, 0.3) is 0 Å². The standard InChI is InChI=1S/C18H20FN3O3/c1-2-24-17-15(4-3-9-20-17)21-18(23)22-10-11-25-16(12-22)13-5-7-14(19)8-6-13/h3-9,16H,2,10-12H2,1H3,(H,21,23)/t16-/m1/s1. The number of carbonyl (C=O) groups is 1. The van der Waals surface area contributed by atoms with Crippen LogP contribution in [-0.4, -0.2) is 42.2 Å². The average Bonchev–Trinajstić information content (AvgIpc) is 2.64. The van der Waals surface area contributed by atoms with Crippen LogP contribution < -0.4 is 10.1 Å². The molecule has 0 saturated carbocycles. The number of anilines is 1. The molecular weight excluding hydrogens is 325 g/mol. The molecule has 6 nitrogen and oxygen atoms in total. The SMILES string of the molecule is CCOc1ncccc1NC(=O)N1CCO[C@@H](c2ccc(F)cc2)C1. The van der Waals surface area contributed by atoms with Crippen LogP contribution in [-0.2, 0) is 4.74 Å². The minimum Gasteiger partial charge on any atom is -0.476 e. The molecule has 1 N–H and O–H groups in total. The summed E-state index contributed by atoms with van der Waals surface area (Å²) in [5.74, 6) is 0.0934. The van der Waals surface area contributed by atoms with E-state index in [-0.39, 0.29) is 18.0 Å². The molecule has 1 aromatic carbocycles. The van der Waals surface area contributed by atoms with Gasteiger partial charge in [0.15, 0.2) is 0 Å². The third kappa shape index (κ3) is 4.24. The molecule has 0 unspecified atom stereocenters. The topological polar surface area (TPSA) is 63.7 Å². The Hall–Kier alpha value is -2.67. The molecule has 1 atom stereocenters. The Balaban J connectivity index is 1.67. The number of halogens is 1. The number of rotatable bonds is 4. The number of hydrogen-bond acceptors (Lipinski definition) is 4. The molecule has 2 aromatic rings. The van der Waals surface area contributed by atoms with E-state index in [0.29, 0.717) is 37.9 Å². The van der Waals surface area contributed by atoms with E-state index in [0.717, 1.165) is 5.56 Å². The highest BCUT2D eigenvalue weighted by molar-refractivity contribution is 5.90. The molecule has 0 bridgehead atoms. The van der Waals surface area contributed by atoms with Gasteiger partial charge >= 0.3 is 6.03 Å². The number of urea groups is 1. The summed E-state index contributed by atoms with van der Waals surface area (Å²) >= 11 is 0. The molecule has 2 amide bonds. The number of morpholine rings is 1. The Morgan fingerprint density at radius 1 is 1.40 bits per heavy atom. The van der Waals surface area contributed by atoms with Crippen molar-refractivity contribution in [1.29, 1.82) is 0 Å². The largest absolute Gasteiger partial charge is 0.476 e. The third-order valence-corrected chi connectivity index (χ3v) is 3.89. The smallest absolute Gasteiger partial charge is 0.322 e. The molecule has 0 aliphatic carbocycles. The highest BCUT2D eigenvalue weighted by Crippen LogP contribution is 2.25. The lowest BCUT2D eigenvalue weighted by molar-refractivity contribution is -0.0135. The third-order valence-electron chi connectivity index (χ3n) is 3.89. The van der Waals surface area contributed by atoms with Gasteiger partial charge in [-0.1, -0.05) is 12.1 Å². The minimum absolute atomic E-state index is 0.246. The van der Waals surface area contributed by atoms with Gasteiger partial charge in [-0.2, -0.15) is 0 Å². The second-order valence-electron chi connectivity index (χ2n) is 5.58. The van der Waals surface area contributed by atoms with E-state index >= 15 is 0 Å². The van der Waals surface area contributed by atoms with Crippen molar-refractivity contribution >= 4 is 11.7 Å². The summed E-state index contributed by atoms with van der Waals surface area (Å²) in [6, 6.07) is 9.37. The van der Waals surface area contributed by atoms with E-state index in [1.807, 2.05) is 6.92 Å². The number of ether oxygens (including phenoxy) is 2. The van der Waals surface area contributed by atoms with Crippen LogP contribution in [0.2, 0.25) is 0 Å². The Morgan fingerprint density at radius 3 is 2.96 bits per heavy atom. The van der Waals surface area contributed by atoms with Gasteiger partial charge in [-0.05, 0) is 36.8 Å². The van der Waals surface area contributed by atoms with Crippen molar-refractivity contribution in [2.45, 2.75) is 13.0 Å². The minimum atomic E-state index is -0.297. The lowest BCUT2D eigenvalue weighted by atomic mass is 10.1. The predicted molar refractivity (Wildman–Crippen MR) is 91.1 cm³/mol. The van der Waals surface area contributed by atoms with Gasteiger partial charge in [0.1, 0.15) is 17.6 Å². The highest BCUT2D eigenvalue weighted by atomic mass is 19.1. The fourth-order valence-corrected chi connectivity index (χ4v) is 2.64. The zero-order valence-electron chi connectivity index (χ0n) is 13.9. The number of carbonyl (C=O) groups excluding carboxylic acids is 1. The first kappa shape index (κ1) is 17.2. The van der Waals surface area contributed by atoms with Crippen molar-refractivity contribution in [3.05, 3.63) is 54.0 Å². The average molecular weight is 345 g/mol. The van der Waals surface area contributed by atoms with Crippen molar-refractivity contribution in [3.63, 3.8) is 0 Å². The monoisotopic (exact) mass is 345 g/mol. The summed E-state index contributed by atoms with van der Waals surface area (Å²) in [6.07, 6.45) is 1.33. The van der Waals surface area contributed by atoms with Crippen molar-refractivity contribution in [1.82, 2.24) is 9.88 Å². The van der Waals surface area contributed by atoms with Gasteiger partial charge in [0.2, 0.25) is 5.88 Å². The first-order valence-electron chi connectivity index (χ1n) is 8.18. The second kappa shape index (κ2) is 7.94. The quantitative estimate of drug-likeness (QED) is 0.924. The molecule has 1 aliphatic rings. The number of nitrogens with zero attached hydrogens (tertiary/aromatic N) is 2. The molecule has 0 spiro atoms. The summed E-state index contributed by atoms with van der Waals surface area (Å²) in [5, 5.41) is 2.83. The Kier molecular flexibility index (Phi) is 5.45. The molecule has 132 valence electrons. The Labute approximate surface area is 145 Å². The van der Waals surface area contributed by atoms with Crippen molar-refractivity contribution in [2.24, 2.45) is 0 Å². The normalized spacial score (nSPS) is 17.2. The molecular formula is C18H20FN3O3. The van der Waals surface area contributed by atoms with E-state index in [1.54, 1.807) is 35.4 Å². The van der Waals surface area contributed by atoms with Crippen LogP contribution in [0.3, 0.4) is 0 Å². The van der Waals surface area contributed by atoms with Crippen LogP contribution >= 0.6 is 0 Å². The van der Waals surface area contributed by atoms with E-state index in [1.165, 1.54) is 12.1 Å². The molecule has 3 rings (SSSR count). The van der Waals surface area contributed by atoms with E-state index in [9.17, 15) is 9.18 Å². The van der Waals surface area contributed by atoms with E-state index in [2.05, 4.69) is 10.3 Å². The van der Waals surface area contributed by atoms with Crippen LogP contribution in [0.4, 0.5) is 14.9 Å². The molecule has 1 fully saturated rings. The molecule has 7 heteroatoms. The maximum atomic E-state index is 13.1. The van der Waals surface area contributed by atoms with Gasteiger partial charge in [-0.25, -0.2) is 14.2 Å². The lowest BCUT2D eigenvalue weighted by Crippen LogP contribution is -2.44. The second-order valence-corrected chi connectivity index (χ2v) is 5.58. The number of nitrogens with one attached hydrogen (secondary N) is 1. The molecule has 0 radical (unpaired) electrons. The van der Waals surface area contributed by atoms with Gasteiger partial charge in [-0.15, -0.1) is 0 Å². The molecule has 25 heavy (non-hydrogen) atoms. The highest BCUT2D eigenvalue weighted by Gasteiger charge is 2.26. The summed E-state index contributed by atoms with van der Waals surface area (Å²) in [6.45, 7) is 3.61. The zero-order chi connectivity index (χ0) is 17.6. The number of benzene rings is 1. The van der Waals surface area contributed by atoms with Crippen molar-refractivity contribution in [2.75, 3.05) is 31.6 Å². The number of pyridine rings is 1. The molecule has 1 aliphatic heterocycles. The number of aromatic nitrogens is 1. The van der Waals surface area contributed by atoms with Crippen LogP contribution in [0.15, 0.2) is 42.6 Å². The van der Waals surface area contributed by atoms with E-state index in [4.69, 9.17) is 9.47 Å². The summed E-state index contributed by atoms with van der Waals surface area (Å²) < 4.78 is 24.2. The fraction of sp³-hybridized carbons (Fsp3) is 0.333. The Bertz CT molecular complexity index is 724.